The highest BCUT2D eigenvalue weighted by Gasteiger charge is 2.37. The molecule has 0 saturated carbocycles. The summed E-state index contributed by atoms with van der Waals surface area (Å²) in [6, 6.07) is 14.7. The van der Waals surface area contributed by atoms with Gasteiger partial charge in [-0.1, -0.05) is 59.6 Å². The van der Waals surface area contributed by atoms with Gasteiger partial charge in [0.2, 0.25) is 0 Å². The fraction of sp³-hybridized carbons (Fsp3) is 0.185. The highest BCUT2D eigenvalue weighted by molar-refractivity contribution is 6.36. The Morgan fingerprint density at radius 3 is 1.97 bits per heavy atom. The first-order valence-corrected chi connectivity index (χ1v) is 12.1. The Labute approximate surface area is 229 Å². The Morgan fingerprint density at radius 1 is 0.872 bits per heavy atom. The molecule has 1 amide bonds. The van der Waals surface area contributed by atoms with Crippen LogP contribution < -0.4 is 0 Å². The van der Waals surface area contributed by atoms with E-state index < -0.39 is 35.9 Å². The Hall–Kier alpha value is -3.50. The van der Waals surface area contributed by atoms with Gasteiger partial charge in [0.25, 0.3) is 5.91 Å². The smallest absolute Gasteiger partial charge is 0.336 e. The monoisotopic (exact) mass is 585 g/mol. The van der Waals surface area contributed by atoms with Crippen LogP contribution in [-0.2, 0) is 25.4 Å². The van der Waals surface area contributed by atoms with Crippen LogP contribution in [0.25, 0.3) is 11.3 Å². The maximum Gasteiger partial charge on any atom is 0.416 e. The molecule has 12 heteroatoms. The molecule has 0 spiro atoms. The van der Waals surface area contributed by atoms with Crippen molar-refractivity contribution in [1.82, 2.24) is 14.5 Å². The van der Waals surface area contributed by atoms with Crippen molar-refractivity contribution in [2.24, 2.45) is 0 Å². The lowest BCUT2D eigenvalue weighted by Crippen LogP contribution is -2.27. The van der Waals surface area contributed by atoms with Crippen molar-refractivity contribution in [2.75, 3.05) is 7.05 Å². The van der Waals surface area contributed by atoms with E-state index in [2.05, 4.69) is 4.98 Å². The molecule has 0 unspecified atom stereocenters. The molecule has 39 heavy (non-hydrogen) atoms. The third-order valence-corrected chi connectivity index (χ3v) is 6.60. The molecule has 0 saturated heterocycles. The van der Waals surface area contributed by atoms with Crippen molar-refractivity contribution in [3.8, 4) is 11.3 Å². The van der Waals surface area contributed by atoms with Crippen molar-refractivity contribution in [2.45, 2.75) is 25.4 Å². The van der Waals surface area contributed by atoms with E-state index in [1.54, 1.807) is 48.5 Å². The summed E-state index contributed by atoms with van der Waals surface area (Å²) in [4.78, 5) is 19.0. The lowest BCUT2D eigenvalue weighted by atomic mass is 10.0. The number of carbonyl (C=O) groups excluding carboxylic acids is 1. The molecule has 0 bridgehead atoms. The molecule has 1 heterocycles. The standard InChI is InChI=1S/C27H19Cl2F6N3O/c1-37(14-20-21(28)8-5-9-22(20)29)25(39)23-24(17-6-3-2-4-7-17)38(15-36-23)13-16-10-18(26(30,31)32)12-19(11-16)27(33,34)35/h2-12,15H,13-14H2,1H3. The number of benzene rings is 3. The van der Waals surface area contributed by atoms with Gasteiger partial charge in [0.05, 0.1) is 23.1 Å². The third kappa shape index (κ3) is 6.39. The molecular formula is C27H19Cl2F6N3O. The average molecular weight is 586 g/mol. The Morgan fingerprint density at radius 2 is 1.44 bits per heavy atom. The number of alkyl halides is 6. The number of nitrogens with zero attached hydrogens (tertiary/aromatic N) is 3. The predicted molar refractivity (Wildman–Crippen MR) is 135 cm³/mol. The Kier molecular flexibility index (Phi) is 7.99. The first-order chi connectivity index (χ1) is 18.3. The van der Waals surface area contributed by atoms with Crippen LogP contribution in [0.5, 0.6) is 0 Å². The van der Waals surface area contributed by atoms with E-state index in [0.717, 1.165) is 0 Å². The highest BCUT2D eigenvalue weighted by Crippen LogP contribution is 2.37. The number of hydrogen-bond acceptors (Lipinski definition) is 2. The van der Waals surface area contributed by atoms with Crippen LogP contribution in [0.2, 0.25) is 10.0 Å². The first kappa shape index (κ1) is 28.5. The summed E-state index contributed by atoms with van der Waals surface area (Å²) in [6.45, 7) is -0.376. The molecule has 4 rings (SSSR count). The minimum absolute atomic E-state index is 0.0288. The molecule has 204 valence electrons. The van der Waals surface area contributed by atoms with E-state index in [-0.39, 0.29) is 29.6 Å². The summed E-state index contributed by atoms with van der Waals surface area (Å²) in [6.07, 6.45) is -8.77. The van der Waals surface area contributed by atoms with Crippen LogP contribution in [0.1, 0.15) is 32.7 Å². The minimum Gasteiger partial charge on any atom is -0.336 e. The Bertz CT molecular complexity index is 1450. The highest BCUT2D eigenvalue weighted by atomic mass is 35.5. The van der Waals surface area contributed by atoms with E-state index in [0.29, 0.717) is 33.3 Å². The van der Waals surface area contributed by atoms with Gasteiger partial charge < -0.3 is 9.47 Å². The number of aromatic nitrogens is 2. The summed E-state index contributed by atoms with van der Waals surface area (Å²) >= 11 is 12.5. The van der Waals surface area contributed by atoms with E-state index >= 15 is 0 Å². The van der Waals surface area contributed by atoms with Crippen molar-refractivity contribution >= 4 is 29.1 Å². The van der Waals surface area contributed by atoms with Gasteiger partial charge in [-0.2, -0.15) is 26.3 Å². The molecule has 0 N–H and O–H groups in total. The van der Waals surface area contributed by atoms with E-state index in [4.69, 9.17) is 23.2 Å². The molecule has 0 aliphatic rings. The maximum atomic E-state index is 13.5. The van der Waals surface area contributed by atoms with Crippen LogP contribution >= 0.6 is 23.2 Å². The molecule has 4 aromatic rings. The van der Waals surface area contributed by atoms with Crippen molar-refractivity contribution < 1.29 is 31.1 Å². The predicted octanol–water partition coefficient (Wildman–Crippen LogP) is 8.22. The van der Waals surface area contributed by atoms with Crippen LogP contribution in [0.4, 0.5) is 26.3 Å². The normalized spacial score (nSPS) is 12.0. The maximum absolute atomic E-state index is 13.5. The van der Waals surface area contributed by atoms with Gasteiger partial charge in [0.15, 0.2) is 5.69 Å². The van der Waals surface area contributed by atoms with Crippen molar-refractivity contribution in [1.29, 1.82) is 0 Å². The molecule has 0 aliphatic heterocycles. The quantitative estimate of drug-likeness (QED) is 0.214. The van der Waals surface area contributed by atoms with Crippen LogP contribution in [0, 0.1) is 0 Å². The SMILES string of the molecule is CN(Cc1c(Cl)cccc1Cl)C(=O)c1ncn(Cc2cc(C(F)(F)F)cc(C(F)(F)F)c2)c1-c1ccccc1. The summed E-state index contributed by atoms with van der Waals surface area (Å²) in [5, 5.41) is 0.696. The zero-order valence-corrected chi connectivity index (χ0v) is 21.6. The second-order valence-electron chi connectivity index (χ2n) is 8.71. The number of amides is 1. The van der Waals surface area contributed by atoms with E-state index in [9.17, 15) is 31.1 Å². The molecule has 4 nitrogen and oxygen atoms in total. The Balaban J connectivity index is 1.76. The summed E-state index contributed by atoms with van der Waals surface area (Å²) in [7, 11) is 1.50. The average Bonchev–Trinajstić information content (AvgIpc) is 3.28. The van der Waals surface area contributed by atoms with Gasteiger partial charge in [-0.15, -0.1) is 0 Å². The van der Waals surface area contributed by atoms with Crippen LogP contribution in [0.15, 0.2) is 73.1 Å². The number of halogens is 8. The van der Waals surface area contributed by atoms with Gasteiger partial charge in [-0.25, -0.2) is 4.98 Å². The molecule has 0 radical (unpaired) electrons. The van der Waals surface area contributed by atoms with Gasteiger partial charge >= 0.3 is 12.4 Å². The first-order valence-electron chi connectivity index (χ1n) is 11.3. The van der Waals surface area contributed by atoms with E-state index in [1.807, 2.05) is 0 Å². The number of imidazole rings is 1. The molecule has 1 aromatic heterocycles. The van der Waals surface area contributed by atoms with Gasteiger partial charge in [-0.05, 0) is 35.9 Å². The number of rotatable bonds is 6. The lowest BCUT2D eigenvalue weighted by molar-refractivity contribution is -0.143. The fourth-order valence-electron chi connectivity index (χ4n) is 4.04. The summed E-state index contributed by atoms with van der Waals surface area (Å²) in [5.74, 6) is -0.552. The van der Waals surface area contributed by atoms with Gasteiger partial charge in [0.1, 0.15) is 0 Å². The van der Waals surface area contributed by atoms with Crippen LogP contribution in [-0.4, -0.2) is 27.4 Å². The van der Waals surface area contributed by atoms with E-state index in [1.165, 1.54) is 22.8 Å². The van der Waals surface area contributed by atoms with Crippen molar-refractivity contribution in [3.05, 3.63) is 111 Å². The summed E-state index contributed by atoms with van der Waals surface area (Å²) < 4.78 is 81.7. The van der Waals surface area contributed by atoms with Crippen molar-refractivity contribution in [3.63, 3.8) is 0 Å². The molecule has 3 aromatic carbocycles. The summed E-state index contributed by atoms with van der Waals surface area (Å²) in [5.41, 5.74) is -1.95. The fourth-order valence-corrected chi connectivity index (χ4v) is 4.55. The topological polar surface area (TPSA) is 38.1 Å². The van der Waals surface area contributed by atoms with Gasteiger partial charge in [0, 0.05) is 41.3 Å². The molecule has 0 fully saturated rings. The van der Waals surface area contributed by atoms with Gasteiger partial charge in [-0.3, -0.25) is 4.79 Å². The largest absolute Gasteiger partial charge is 0.416 e. The zero-order valence-electron chi connectivity index (χ0n) is 20.1. The third-order valence-electron chi connectivity index (χ3n) is 5.89. The zero-order chi connectivity index (χ0) is 28.5. The second kappa shape index (κ2) is 10.9. The number of carbonyl (C=O) groups is 1. The number of hydrogen-bond donors (Lipinski definition) is 0. The van der Waals surface area contributed by atoms with Crippen LogP contribution in [0.3, 0.4) is 0 Å². The molecule has 0 aliphatic carbocycles. The molecular weight excluding hydrogens is 567 g/mol. The molecule has 0 atom stereocenters. The minimum atomic E-state index is -4.99. The lowest BCUT2D eigenvalue weighted by Gasteiger charge is -2.19. The second-order valence-corrected chi connectivity index (χ2v) is 9.53.